The average molecular weight is 238 g/mol. The lowest BCUT2D eigenvalue weighted by Gasteiger charge is -2.18. The highest BCUT2D eigenvalue weighted by atomic mass is 16.4. The molecule has 5 heteroatoms. The Kier molecular flexibility index (Phi) is 4.36. The molecule has 1 aromatic rings. The quantitative estimate of drug-likeness (QED) is 0.819. The number of hydrogen-bond donors (Lipinski definition) is 1. The molecule has 0 saturated heterocycles. The Morgan fingerprint density at radius 3 is 2.82 bits per heavy atom. The smallest absolute Gasteiger partial charge is 0.317 e. The van der Waals surface area contributed by atoms with E-state index in [9.17, 15) is 0 Å². The summed E-state index contributed by atoms with van der Waals surface area (Å²) in [6, 6.07) is 0.643. The van der Waals surface area contributed by atoms with Crippen LogP contribution in [0.1, 0.15) is 38.5 Å². The van der Waals surface area contributed by atoms with Crippen LogP contribution in [0.4, 0.5) is 6.01 Å². The molecule has 1 saturated carbocycles. The third-order valence-corrected chi connectivity index (χ3v) is 3.32. The molecule has 5 nitrogen and oxygen atoms in total. The molecule has 1 fully saturated rings. The van der Waals surface area contributed by atoms with E-state index in [1.54, 1.807) is 0 Å². The van der Waals surface area contributed by atoms with Crippen LogP contribution in [0.2, 0.25) is 0 Å². The van der Waals surface area contributed by atoms with Gasteiger partial charge in [0.2, 0.25) is 5.89 Å². The molecule has 0 aliphatic heterocycles. The van der Waals surface area contributed by atoms with Gasteiger partial charge in [-0.25, -0.2) is 0 Å². The van der Waals surface area contributed by atoms with E-state index in [-0.39, 0.29) is 0 Å². The molecule has 0 radical (unpaired) electrons. The number of nitrogens with zero attached hydrogens (tertiary/aromatic N) is 3. The monoisotopic (exact) mass is 238 g/mol. The molecule has 0 amide bonds. The molecule has 0 aromatic carbocycles. The maximum absolute atomic E-state index is 5.60. The molecule has 0 spiro atoms. The summed E-state index contributed by atoms with van der Waals surface area (Å²) >= 11 is 0. The van der Waals surface area contributed by atoms with Crippen LogP contribution in [0.5, 0.6) is 0 Å². The second-order valence-electron chi connectivity index (χ2n) is 4.79. The minimum atomic E-state index is 0.643. The van der Waals surface area contributed by atoms with Crippen LogP contribution in [0, 0.1) is 5.92 Å². The summed E-state index contributed by atoms with van der Waals surface area (Å²) in [7, 11) is 2.03. The molecule has 1 aliphatic carbocycles. The molecule has 0 atom stereocenters. The summed E-state index contributed by atoms with van der Waals surface area (Å²) in [6.07, 6.45) is 5.41. The van der Waals surface area contributed by atoms with Gasteiger partial charge >= 0.3 is 6.01 Å². The van der Waals surface area contributed by atoms with E-state index in [0.29, 0.717) is 18.5 Å². The van der Waals surface area contributed by atoms with Crippen LogP contribution in [0.25, 0.3) is 0 Å². The second-order valence-corrected chi connectivity index (χ2v) is 4.79. The highest BCUT2D eigenvalue weighted by Crippen LogP contribution is 2.26. The maximum atomic E-state index is 5.60. The first-order valence-electron chi connectivity index (χ1n) is 6.54. The van der Waals surface area contributed by atoms with E-state index in [0.717, 1.165) is 19.0 Å². The summed E-state index contributed by atoms with van der Waals surface area (Å²) in [5, 5.41) is 11.3. The van der Waals surface area contributed by atoms with Crippen LogP contribution in [-0.4, -0.2) is 30.3 Å². The molecule has 1 aromatic heterocycles. The van der Waals surface area contributed by atoms with Crippen molar-refractivity contribution in [2.24, 2.45) is 5.92 Å². The fourth-order valence-electron chi connectivity index (χ4n) is 2.36. The topological polar surface area (TPSA) is 54.2 Å². The Bertz CT molecular complexity index is 333. The molecule has 2 rings (SSSR count). The first-order chi connectivity index (χ1) is 8.29. The minimum Gasteiger partial charge on any atom is -0.407 e. The Balaban J connectivity index is 1.85. The molecule has 0 bridgehead atoms. The zero-order chi connectivity index (χ0) is 12.1. The molecule has 1 heterocycles. The summed E-state index contributed by atoms with van der Waals surface area (Å²) in [6.45, 7) is 4.66. The fraction of sp³-hybridized carbons (Fsp3) is 0.833. The van der Waals surface area contributed by atoms with Crippen LogP contribution in [0.3, 0.4) is 0 Å². The van der Waals surface area contributed by atoms with Crippen molar-refractivity contribution in [2.75, 3.05) is 25.0 Å². The number of aromatic nitrogens is 2. The van der Waals surface area contributed by atoms with Gasteiger partial charge < -0.3 is 14.6 Å². The summed E-state index contributed by atoms with van der Waals surface area (Å²) in [5.74, 6) is 1.46. The molecular weight excluding hydrogens is 216 g/mol. The normalized spacial score (nSPS) is 16.6. The lowest BCUT2D eigenvalue weighted by Crippen LogP contribution is -2.24. The van der Waals surface area contributed by atoms with Crippen LogP contribution < -0.4 is 10.2 Å². The van der Waals surface area contributed by atoms with Crippen molar-refractivity contribution >= 4 is 6.01 Å². The van der Waals surface area contributed by atoms with Crippen molar-refractivity contribution in [3.05, 3.63) is 5.89 Å². The largest absolute Gasteiger partial charge is 0.407 e. The number of rotatable bonds is 6. The lowest BCUT2D eigenvalue weighted by atomic mass is 10.1. The van der Waals surface area contributed by atoms with Crippen molar-refractivity contribution in [3.8, 4) is 0 Å². The first kappa shape index (κ1) is 12.4. The van der Waals surface area contributed by atoms with Gasteiger partial charge in [-0.2, -0.15) is 0 Å². The van der Waals surface area contributed by atoms with Crippen LogP contribution >= 0.6 is 0 Å². The van der Waals surface area contributed by atoms with Crippen LogP contribution in [-0.2, 0) is 6.54 Å². The van der Waals surface area contributed by atoms with Gasteiger partial charge in [0.05, 0.1) is 6.54 Å². The summed E-state index contributed by atoms with van der Waals surface area (Å²) < 4.78 is 5.60. The van der Waals surface area contributed by atoms with Crippen molar-refractivity contribution in [1.82, 2.24) is 15.5 Å². The first-order valence-corrected chi connectivity index (χ1v) is 6.54. The van der Waals surface area contributed by atoms with Gasteiger partial charge in [-0.15, -0.1) is 5.10 Å². The van der Waals surface area contributed by atoms with Gasteiger partial charge in [0.15, 0.2) is 0 Å². The molecule has 1 N–H and O–H groups in total. The second kappa shape index (κ2) is 6.00. The van der Waals surface area contributed by atoms with Crippen molar-refractivity contribution in [1.29, 1.82) is 0 Å². The number of hydrogen-bond acceptors (Lipinski definition) is 5. The number of anilines is 1. The highest BCUT2D eigenvalue weighted by Gasteiger charge is 2.19. The third kappa shape index (κ3) is 3.43. The van der Waals surface area contributed by atoms with E-state index in [1.165, 1.54) is 25.7 Å². The van der Waals surface area contributed by atoms with Gasteiger partial charge in [0.25, 0.3) is 0 Å². The van der Waals surface area contributed by atoms with E-state index in [2.05, 4.69) is 27.3 Å². The van der Waals surface area contributed by atoms with E-state index < -0.39 is 0 Å². The van der Waals surface area contributed by atoms with Gasteiger partial charge in [0, 0.05) is 13.6 Å². The van der Waals surface area contributed by atoms with E-state index >= 15 is 0 Å². The maximum Gasteiger partial charge on any atom is 0.317 e. The predicted molar refractivity (Wildman–Crippen MR) is 66.9 cm³/mol. The van der Waals surface area contributed by atoms with E-state index in [4.69, 9.17) is 4.42 Å². The van der Waals surface area contributed by atoms with Crippen molar-refractivity contribution in [3.63, 3.8) is 0 Å². The Hall–Kier alpha value is -1.10. The van der Waals surface area contributed by atoms with E-state index in [1.807, 2.05) is 7.05 Å². The minimum absolute atomic E-state index is 0.643. The number of nitrogens with one attached hydrogen (secondary N) is 1. The fourth-order valence-corrected chi connectivity index (χ4v) is 2.36. The average Bonchev–Trinajstić information content (AvgIpc) is 2.96. The molecular formula is C12H22N4O. The molecule has 1 aliphatic rings. The Morgan fingerprint density at radius 1 is 1.35 bits per heavy atom. The highest BCUT2D eigenvalue weighted by molar-refractivity contribution is 5.22. The zero-order valence-electron chi connectivity index (χ0n) is 10.8. The Morgan fingerprint density at radius 2 is 2.12 bits per heavy atom. The van der Waals surface area contributed by atoms with Gasteiger partial charge in [-0.3, -0.25) is 0 Å². The summed E-state index contributed by atoms with van der Waals surface area (Å²) in [4.78, 5) is 2.08. The molecule has 0 unspecified atom stereocenters. The zero-order valence-corrected chi connectivity index (χ0v) is 10.8. The third-order valence-electron chi connectivity index (χ3n) is 3.32. The Labute approximate surface area is 103 Å². The van der Waals surface area contributed by atoms with Crippen molar-refractivity contribution < 1.29 is 4.42 Å². The lowest BCUT2D eigenvalue weighted by molar-refractivity contribution is 0.454. The van der Waals surface area contributed by atoms with Gasteiger partial charge in [-0.1, -0.05) is 24.9 Å². The van der Waals surface area contributed by atoms with Crippen LogP contribution in [0.15, 0.2) is 4.42 Å². The SMILES string of the molecule is CCNCc1nnc(N(C)CC2CCCC2)o1. The molecule has 17 heavy (non-hydrogen) atoms. The summed E-state index contributed by atoms with van der Waals surface area (Å²) in [5.41, 5.74) is 0. The standard InChI is InChI=1S/C12H22N4O/c1-3-13-8-11-14-15-12(17-11)16(2)9-10-6-4-5-7-10/h10,13H,3-9H2,1-2H3. The predicted octanol–water partition coefficient (Wildman–Crippen LogP) is 1.81. The molecule has 96 valence electrons. The van der Waals surface area contributed by atoms with Gasteiger partial charge in [0.1, 0.15) is 0 Å². The van der Waals surface area contributed by atoms with Crippen molar-refractivity contribution in [2.45, 2.75) is 39.2 Å². The van der Waals surface area contributed by atoms with Gasteiger partial charge in [-0.05, 0) is 25.3 Å².